The van der Waals surface area contributed by atoms with Gasteiger partial charge >= 0.3 is 5.97 Å². The van der Waals surface area contributed by atoms with Crippen LogP contribution in [0.25, 0.3) is 10.1 Å². The van der Waals surface area contributed by atoms with Crippen LogP contribution in [0.15, 0.2) is 40.9 Å². The third-order valence-electron chi connectivity index (χ3n) is 3.54. The first-order valence-corrected chi connectivity index (χ1v) is 9.11. The first-order valence-electron chi connectivity index (χ1n) is 7.51. The fourth-order valence-electron chi connectivity index (χ4n) is 2.45. The van der Waals surface area contributed by atoms with Crippen molar-refractivity contribution in [2.75, 3.05) is 11.9 Å². The number of rotatable bonds is 5. The van der Waals surface area contributed by atoms with Crippen LogP contribution in [-0.4, -0.2) is 17.5 Å². The quantitative estimate of drug-likeness (QED) is 0.317. The molecule has 1 heterocycles. The largest absolute Gasteiger partial charge is 0.462 e. The van der Waals surface area contributed by atoms with Crippen molar-refractivity contribution < 1.29 is 18.8 Å². The first-order chi connectivity index (χ1) is 12.4. The topological polar surface area (TPSA) is 81.5 Å². The van der Waals surface area contributed by atoms with E-state index in [-0.39, 0.29) is 23.5 Å². The third-order valence-corrected chi connectivity index (χ3v) is 5.10. The molecule has 0 fully saturated rings. The highest BCUT2D eigenvalue weighted by Gasteiger charge is 2.23. The SMILES string of the molecule is CCOC(=O)c1c(Nc2cc(F)ccc2[N+](=O)[O-])sc2cc(Br)ccc12. The van der Waals surface area contributed by atoms with Crippen molar-refractivity contribution in [2.24, 2.45) is 0 Å². The monoisotopic (exact) mass is 438 g/mol. The molecule has 0 saturated heterocycles. The summed E-state index contributed by atoms with van der Waals surface area (Å²) in [6.45, 7) is 1.87. The molecule has 0 spiro atoms. The summed E-state index contributed by atoms with van der Waals surface area (Å²) in [7, 11) is 0. The summed E-state index contributed by atoms with van der Waals surface area (Å²) in [4.78, 5) is 23.0. The van der Waals surface area contributed by atoms with Crippen LogP contribution in [0.5, 0.6) is 0 Å². The summed E-state index contributed by atoms with van der Waals surface area (Å²) < 4.78 is 20.3. The normalized spacial score (nSPS) is 10.7. The van der Waals surface area contributed by atoms with E-state index in [1.54, 1.807) is 19.1 Å². The molecule has 2 aromatic carbocycles. The van der Waals surface area contributed by atoms with Crippen molar-refractivity contribution in [1.82, 2.24) is 0 Å². The van der Waals surface area contributed by atoms with Crippen molar-refractivity contribution in [3.05, 3.63) is 62.4 Å². The fourth-order valence-corrected chi connectivity index (χ4v) is 4.11. The van der Waals surface area contributed by atoms with Crippen LogP contribution in [0.3, 0.4) is 0 Å². The molecule has 0 unspecified atom stereocenters. The molecule has 3 rings (SSSR count). The van der Waals surface area contributed by atoms with Crippen molar-refractivity contribution in [3.63, 3.8) is 0 Å². The van der Waals surface area contributed by atoms with Gasteiger partial charge in [0.1, 0.15) is 22.1 Å². The predicted molar refractivity (Wildman–Crippen MR) is 102 cm³/mol. The maximum Gasteiger partial charge on any atom is 0.341 e. The Morgan fingerprint density at radius 3 is 2.81 bits per heavy atom. The molecule has 0 aliphatic heterocycles. The number of ether oxygens (including phenoxy) is 1. The van der Waals surface area contributed by atoms with Gasteiger partial charge in [0.15, 0.2) is 0 Å². The molecule has 0 saturated carbocycles. The molecular weight excluding hydrogens is 427 g/mol. The van der Waals surface area contributed by atoms with E-state index in [4.69, 9.17) is 4.74 Å². The lowest BCUT2D eigenvalue weighted by atomic mass is 10.1. The lowest BCUT2D eigenvalue weighted by molar-refractivity contribution is -0.384. The van der Waals surface area contributed by atoms with Gasteiger partial charge < -0.3 is 10.1 Å². The zero-order valence-electron chi connectivity index (χ0n) is 13.4. The Morgan fingerprint density at radius 1 is 1.35 bits per heavy atom. The van der Waals surface area contributed by atoms with Crippen LogP contribution in [0.1, 0.15) is 17.3 Å². The molecule has 0 amide bonds. The Hall–Kier alpha value is -2.52. The fraction of sp³-hybridized carbons (Fsp3) is 0.118. The number of anilines is 2. The molecule has 3 aromatic rings. The van der Waals surface area contributed by atoms with E-state index < -0.39 is 16.7 Å². The van der Waals surface area contributed by atoms with Crippen molar-refractivity contribution in [3.8, 4) is 0 Å². The lowest BCUT2D eigenvalue weighted by Crippen LogP contribution is -2.07. The van der Waals surface area contributed by atoms with Crippen LogP contribution in [0.4, 0.5) is 20.8 Å². The molecule has 1 aromatic heterocycles. The van der Waals surface area contributed by atoms with E-state index in [9.17, 15) is 19.3 Å². The molecule has 0 bridgehead atoms. The van der Waals surface area contributed by atoms with Gasteiger partial charge in [-0.1, -0.05) is 22.0 Å². The minimum atomic E-state index is -0.625. The Bertz CT molecular complexity index is 1020. The Morgan fingerprint density at radius 2 is 2.12 bits per heavy atom. The van der Waals surface area contributed by atoms with E-state index in [0.29, 0.717) is 10.4 Å². The van der Waals surface area contributed by atoms with Crippen LogP contribution in [0.2, 0.25) is 0 Å². The highest BCUT2D eigenvalue weighted by molar-refractivity contribution is 9.10. The number of carbonyl (C=O) groups excluding carboxylic acids is 1. The number of hydrogen-bond donors (Lipinski definition) is 1. The highest BCUT2D eigenvalue weighted by Crippen LogP contribution is 2.40. The van der Waals surface area contributed by atoms with Crippen molar-refractivity contribution in [2.45, 2.75) is 6.92 Å². The van der Waals surface area contributed by atoms with Gasteiger partial charge in [0.25, 0.3) is 5.69 Å². The zero-order valence-corrected chi connectivity index (χ0v) is 15.8. The smallest absolute Gasteiger partial charge is 0.341 e. The van der Waals surface area contributed by atoms with Gasteiger partial charge in [-0.2, -0.15) is 0 Å². The minimum absolute atomic E-state index is 0.0360. The van der Waals surface area contributed by atoms with Crippen LogP contribution in [0, 0.1) is 15.9 Å². The lowest BCUT2D eigenvalue weighted by Gasteiger charge is -2.08. The minimum Gasteiger partial charge on any atom is -0.462 e. The molecule has 0 atom stereocenters. The number of thiophene rings is 1. The van der Waals surface area contributed by atoms with Gasteiger partial charge in [-0.3, -0.25) is 10.1 Å². The zero-order chi connectivity index (χ0) is 18.8. The number of benzene rings is 2. The molecule has 26 heavy (non-hydrogen) atoms. The number of carbonyl (C=O) groups is 1. The molecule has 0 aliphatic carbocycles. The number of fused-ring (bicyclic) bond motifs is 1. The molecule has 9 heteroatoms. The van der Waals surface area contributed by atoms with E-state index in [1.807, 2.05) is 6.07 Å². The predicted octanol–water partition coefficient (Wildman–Crippen LogP) is 5.63. The van der Waals surface area contributed by atoms with Gasteiger partial charge in [-0.15, -0.1) is 11.3 Å². The summed E-state index contributed by atoms with van der Waals surface area (Å²) in [6.07, 6.45) is 0. The van der Waals surface area contributed by atoms with Gasteiger partial charge in [-0.25, -0.2) is 9.18 Å². The summed E-state index contributed by atoms with van der Waals surface area (Å²) in [5.74, 6) is -1.18. The second-order valence-electron chi connectivity index (χ2n) is 5.21. The van der Waals surface area contributed by atoms with Gasteiger partial charge in [-0.05, 0) is 25.1 Å². The average Bonchev–Trinajstić information content (AvgIpc) is 2.91. The summed E-state index contributed by atoms with van der Waals surface area (Å²) in [6, 6.07) is 8.48. The number of nitro groups is 1. The number of nitro benzene ring substituents is 1. The van der Waals surface area contributed by atoms with Gasteiger partial charge in [0.05, 0.1) is 11.5 Å². The van der Waals surface area contributed by atoms with E-state index in [2.05, 4.69) is 21.2 Å². The summed E-state index contributed by atoms with van der Waals surface area (Å²) >= 11 is 4.60. The molecule has 0 aliphatic rings. The third kappa shape index (κ3) is 3.54. The molecule has 6 nitrogen and oxygen atoms in total. The first kappa shape index (κ1) is 18.3. The van der Waals surface area contributed by atoms with Crippen LogP contribution >= 0.6 is 27.3 Å². The number of halogens is 2. The van der Waals surface area contributed by atoms with E-state index >= 15 is 0 Å². The van der Waals surface area contributed by atoms with Gasteiger partial charge in [0.2, 0.25) is 0 Å². The number of hydrogen-bond acceptors (Lipinski definition) is 6. The summed E-state index contributed by atoms with van der Waals surface area (Å²) in [5, 5.41) is 15.0. The maximum absolute atomic E-state index is 13.6. The number of esters is 1. The molecule has 0 radical (unpaired) electrons. The second-order valence-corrected chi connectivity index (χ2v) is 7.18. The second kappa shape index (κ2) is 7.38. The van der Waals surface area contributed by atoms with E-state index in [0.717, 1.165) is 27.4 Å². The van der Waals surface area contributed by atoms with Crippen LogP contribution < -0.4 is 5.32 Å². The number of nitrogens with zero attached hydrogens (tertiary/aromatic N) is 1. The summed E-state index contributed by atoms with van der Waals surface area (Å²) in [5.41, 5.74) is -0.0658. The van der Waals surface area contributed by atoms with E-state index in [1.165, 1.54) is 11.3 Å². The molecule has 1 N–H and O–H groups in total. The Balaban J connectivity index is 2.16. The highest BCUT2D eigenvalue weighted by atomic mass is 79.9. The van der Waals surface area contributed by atoms with Gasteiger partial charge in [0, 0.05) is 26.7 Å². The Kier molecular flexibility index (Phi) is 5.19. The Labute approximate surface area is 159 Å². The maximum atomic E-state index is 13.6. The molecule has 134 valence electrons. The van der Waals surface area contributed by atoms with Crippen molar-refractivity contribution in [1.29, 1.82) is 0 Å². The number of nitrogens with one attached hydrogen (secondary N) is 1. The molecular formula is C17H12BrFN2O4S. The average molecular weight is 439 g/mol. The van der Waals surface area contributed by atoms with Crippen LogP contribution in [-0.2, 0) is 4.74 Å². The van der Waals surface area contributed by atoms with Crippen molar-refractivity contribution >= 4 is 59.7 Å². The standard InChI is InChI=1S/C17H12BrFN2O4S/c1-2-25-17(22)15-11-5-3-9(18)7-14(11)26-16(15)20-12-8-10(19)4-6-13(12)21(23)24/h3-8,20H,2H2,1H3.